The van der Waals surface area contributed by atoms with Crippen LogP contribution in [0.3, 0.4) is 0 Å². The average molecular weight is 305 g/mol. The lowest BCUT2D eigenvalue weighted by atomic mass is 10.0. The summed E-state index contributed by atoms with van der Waals surface area (Å²) in [6.07, 6.45) is 2.11. The third kappa shape index (κ3) is 3.92. The van der Waals surface area contributed by atoms with Crippen molar-refractivity contribution in [2.24, 2.45) is 5.92 Å². The lowest BCUT2D eigenvalue weighted by Crippen LogP contribution is -2.39. The van der Waals surface area contributed by atoms with Crippen LogP contribution in [-0.2, 0) is 0 Å². The zero-order valence-corrected chi connectivity index (χ0v) is 12.7. The van der Waals surface area contributed by atoms with Crippen molar-refractivity contribution in [1.82, 2.24) is 15.1 Å². The number of hydrogen-bond acceptors (Lipinski definition) is 3. The Hall–Kier alpha value is -2.21. The minimum absolute atomic E-state index is 0.0147. The number of amides is 1. The van der Waals surface area contributed by atoms with Crippen LogP contribution in [0.4, 0.5) is 4.39 Å². The lowest BCUT2D eigenvalue weighted by molar-refractivity contribution is 0.0911. The van der Waals surface area contributed by atoms with Gasteiger partial charge in [-0.15, -0.1) is 0 Å². The van der Waals surface area contributed by atoms with Crippen molar-refractivity contribution in [2.45, 2.75) is 26.3 Å². The second-order valence-corrected chi connectivity index (χ2v) is 5.46. The van der Waals surface area contributed by atoms with Crippen LogP contribution in [0.1, 0.15) is 30.8 Å². The normalized spacial score (nSPS) is 12.4. The Kier molecular flexibility index (Phi) is 5.27. The van der Waals surface area contributed by atoms with Crippen LogP contribution in [-0.4, -0.2) is 33.4 Å². The molecule has 0 aliphatic rings. The first-order valence-electron chi connectivity index (χ1n) is 7.24. The first kappa shape index (κ1) is 16.2. The van der Waals surface area contributed by atoms with Gasteiger partial charge in [0.2, 0.25) is 0 Å². The van der Waals surface area contributed by atoms with E-state index in [0.717, 1.165) is 0 Å². The van der Waals surface area contributed by atoms with E-state index in [1.54, 1.807) is 24.4 Å². The number of aliphatic hydroxyl groups excluding tert-OH is 1. The van der Waals surface area contributed by atoms with Gasteiger partial charge in [0, 0.05) is 18.8 Å². The number of nitrogens with one attached hydrogen (secondary N) is 1. The molecule has 118 valence electrons. The van der Waals surface area contributed by atoms with Crippen LogP contribution >= 0.6 is 0 Å². The summed E-state index contributed by atoms with van der Waals surface area (Å²) in [4.78, 5) is 12.2. The second kappa shape index (κ2) is 7.17. The van der Waals surface area contributed by atoms with Crippen LogP contribution in [0, 0.1) is 11.7 Å². The van der Waals surface area contributed by atoms with Gasteiger partial charge in [-0.2, -0.15) is 5.10 Å². The monoisotopic (exact) mass is 305 g/mol. The van der Waals surface area contributed by atoms with E-state index in [-0.39, 0.29) is 36.0 Å². The maximum atomic E-state index is 13.2. The fraction of sp³-hybridized carbons (Fsp3) is 0.375. The molecule has 1 atom stereocenters. The molecule has 2 N–H and O–H groups in total. The SMILES string of the molecule is CC(C)C(CCO)NC(=O)c1ccn(-c2cccc(F)c2)n1. The molecular formula is C16H20FN3O2. The minimum Gasteiger partial charge on any atom is -0.396 e. The van der Waals surface area contributed by atoms with Gasteiger partial charge in [-0.1, -0.05) is 19.9 Å². The van der Waals surface area contributed by atoms with Crippen molar-refractivity contribution < 1.29 is 14.3 Å². The van der Waals surface area contributed by atoms with Crippen molar-refractivity contribution >= 4 is 5.91 Å². The highest BCUT2D eigenvalue weighted by molar-refractivity contribution is 5.92. The summed E-state index contributed by atoms with van der Waals surface area (Å²) in [6.45, 7) is 3.97. The Balaban J connectivity index is 2.12. The van der Waals surface area contributed by atoms with Crippen molar-refractivity contribution in [3.05, 3.63) is 48.0 Å². The molecule has 0 spiro atoms. The van der Waals surface area contributed by atoms with Gasteiger partial charge in [-0.05, 0) is 36.6 Å². The molecule has 0 radical (unpaired) electrons. The number of halogens is 1. The molecule has 1 aromatic heterocycles. The molecule has 1 aromatic carbocycles. The maximum Gasteiger partial charge on any atom is 0.272 e. The van der Waals surface area contributed by atoms with E-state index in [1.807, 2.05) is 13.8 Å². The summed E-state index contributed by atoms with van der Waals surface area (Å²) in [6, 6.07) is 7.45. The molecule has 0 aliphatic carbocycles. The van der Waals surface area contributed by atoms with Gasteiger partial charge < -0.3 is 10.4 Å². The van der Waals surface area contributed by atoms with Crippen LogP contribution in [0.25, 0.3) is 5.69 Å². The quantitative estimate of drug-likeness (QED) is 0.859. The van der Waals surface area contributed by atoms with E-state index in [1.165, 1.54) is 16.8 Å². The molecule has 1 unspecified atom stereocenters. The summed E-state index contributed by atoms with van der Waals surface area (Å²) in [5.41, 5.74) is 0.808. The van der Waals surface area contributed by atoms with Crippen molar-refractivity contribution in [2.75, 3.05) is 6.61 Å². The smallest absolute Gasteiger partial charge is 0.272 e. The zero-order valence-electron chi connectivity index (χ0n) is 12.7. The van der Waals surface area contributed by atoms with Gasteiger partial charge in [0.25, 0.3) is 5.91 Å². The van der Waals surface area contributed by atoms with E-state index in [0.29, 0.717) is 12.1 Å². The Morgan fingerprint density at radius 2 is 2.18 bits per heavy atom. The molecule has 0 saturated carbocycles. The summed E-state index contributed by atoms with van der Waals surface area (Å²) < 4.78 is 14.7. The number of hydrogen-bond donors (Lipinski definition) is 2. The number of nitrogens with zero attached hydrogens (tertiary/aromatic N) is 2. The second-order valence-electron chi connectivity index (χ2n) is 5.46. The Bertz CT molecular complexity index is 640. The van der Waals surface area contributed by atoms with Gasteiger partial charge in [0.05, 0.1) is 5.69 Å². The van der Waals surface area contributed by atoms with Crippen LogP contribution in [0.5, 0.6) is 0 Å². The third-order valence-corrected chi connectivity index (χ3v) is 3.46. The Labute approximate surface area is 128 Å². The average Bonchev–Trinajstić information content (AvgIpc) is 2.96. The standard InChI is InChI=1S/C16H20FN3O2/c1-11(2)14(7-9-21)18-16(22)15-6-8-20(19-15)13-5-3-4-12(17)10-13/h3-6,8,10-11,14,21H,7,9H2,1-2H3,(H,18,22). The number of carbonyl (C=O) groups excluding carboxylic acids is 1. The Morgan fingerprint density at radius 3 is 2.82 bits per heavy atom. The summed E-state index contributed by atoms with van der Waals surface area (Å²) in [5, 5.41) is 16.1. The van der Waals surface area contributed by atoms with E-state index >= 15 is 0 Å². The van der Waals surface area contributed by atoms with Gasteiger partial charge >= 0.3 is 0 Å². The molecule has 0 bridgehead atoms. The number of aliphatic hydroxyl groups is 1. The molecule has 2 rings (SSSR count). The highest BCUT2D eigenvalue weighted by atomic mass is 19.1. The van der Waals surface area contributed by atoms with Gasteiger partial charge in [-0.3, -0.25) is 4.79 Å². The summed E-state index contributed by atoms with van der Waals surface area (Å²) in [5.74, 6) is -0.453. The zero-order chi connectivity index (χ0) is 16.1. The molecular weight excluding hydrogens is 285 g/mol. The largest absolute Gasteiger partial charge is 0.396 e. The number of aromatic nitrogens is 2. The van der Waals surface area contributed by atoms with Gasteiger partial charge in [0.1, 0.15) is 5.82 Å². The highest BCUT2D eigenvalue weighted by Crippen LogP contribution is 2.11. The van der Waals surface area contributed by atoms with Crippen molar-refractivity contribution in [1.29, 1.82) is 0 Å². The van der Waals surface area contributed by atoms with Crippen LogP contribution in [0.15, 0.2) is 36.5 Å². The molecule has 22 heavy (non-hydrogen) atoms. The molecule has 2 aromatic rings. The Morgan fingerprint density at radius 1 is 1.41 bits per heavy atom. The fourth-order valence-electron chi connectivity index (χ4n) is 2.16. The van der Waals surface area contributed by atoms with E-state index < -0.39 is 0 Å². The van der Waals surface area contributed by atoms with E-state index in [4.69, 9.17) is 5.11 Å². The van der Waals surface area contributed by atoms with Crippen LogP contribution < -0.4 is 5.32 Å². The molecule has 0 saturated heterocycles. The van der Waals surface area contributed by atoms with Crippen molar-refractivity contribution in [3.8, 4) is 5.69 Å². The molecule has 1 amide bonds. The molecule has 0 fully saturated rings. The number of rotatable bonds is 6. The van der Waals surface area contributed by atoms with Crippen molar-refractivity contribution in [3.63, 3.8) is 0 Å². The molecule has 1 heterocycles. The first-order valence-corrected chi connectivity index (χ1v) is 7.24. The topological polar surface area (TPSA) is 67.2 Å². The third-order valence-electron chi connectivity index (χ3n) is 3.46. The van der Waals surface area contributed by atoms with E-state index in [2.05, 4.69) is 10.4 Å². The lowest BCUT2D eigenvalue weighted by Gasteiger charge is -2.20. The van der Waals surface area contributed by atoms with Gasteiger partial charge in [0.15, 0.2) is 5.69 Å². The maximum absolute atomic E-state index is 13.2. The fourth-order valence-corrected chi connectivity index (χ4v) is 2.16. The summed E-state index contributed by atoms with van der Waals surface area (Å²) in [7, 11) is 0. The highest BCUT2D eigenvalue weighted by Gasteiger charge is 2.18. The van der Waals surface area contributed by atoms with Gasteiger partial charge in [-0.25, -0.2) is 9.07 Å². The number of benzene rings is 1. The number of carbonyl (C=O) groups is 1. The molecule has 6 heteroatoms. The molecule has 5 nitrogen and oxygen atoms in total. The molecule has 0 aliphatic heterocycles. The minimum atomic E-state index is -0.359. The predicted octanol–water partition coefficient (Wildman–Crippen LogP) is 2.15. The van der Waals surface area contributed by atoms with Crippen LogP contribution in [0.2, 0.25) is 0 Å². The predicted molar refractivity (Wildman–Crippen MR) is 81.3 cm³/mol. The first-order chi connectivity index (χ1) is 10.5. The summed E-state index contributed by atoms with van der Waals surface area (Å²) >= 11 is 0. The van der Waals surface area contributed by atoms with E-state index in [9.17, 15) is 9.18 Å².